The van der Waals surface area contributed by atoms with Crippen LogP contribution < -0.4 is 11.1 Å². The van der Waals surface area contributed by atoms with Crippen LogP contribution in [0, 0.1) is 0 Å². The zero-order valence-corrected chi connectivity index (χ0v) is 7.23. The van der Waals surface area contributed by atoms with Crippen LogP contribution in [0.3, 0.4) is 0 Å². The Hall–Kier alpha value is -0.570. The average molecular weight is 158 g/mol. The minimum atomic E-state index is -0.194. The Balaban J connectivity index is 2.85. The Morgan fingerprint density at radius 2 is 2.09 bits per heavy atom. The van der Waals surface area contributed by atoms with Crippen molar-refractivity contribution < 1.29 is 4.79 Å². The quantitative estimate of drug-likeness (QED) is 0.534. The van der Waals surface area contributed by atoms with Crippen molar-refractivity contribution in [2.24, 2.45) is 5.73 Å². The SMILES string of the molecule is CCCNCCCCC(N)=O. The van der Waals surface area contributed by atoms with E-state index in [9.17, 15) is 4.79 Å². The number of hydrogen-bond acceptors (Lipinski definition) is 2. The molecule has 0 aromatic carbocycles. The number of rotatable bonds is 7. The van der Waals surface area contributed by atoms with Crippen molar-refractivity contribution in [2.75, 3.05) is 13.1 Å². The molecule has 11 heavy (non-hydrogen) atoms. The maximum Gasteiger partial charge on any atom is 0.217 e. The first kappa shape index (κ1) is 10.4. The predicted octanol–water partition coefficient (Wildman–Crippen LogP) is 0.642. The lowest BCUT2D eigenvalue weighted by molar-refractivity contribution is -0.118. The summed E-state index contributed by atoms with van der Waals surface area (Å²) in [7, 11) is 0. The molecule has 0 aliphatic rings. The summed E-state index contributed by atoms with van der Waals surface area (Å²) in [4.78, 5) is 10.3. The molecule has 66 valence electrons. The van der Waals surface area contributed by atoms with E-state index in [0.29, 0.717) is 6.42 Å². The lowest BCUT2D eigenvalue weighted by Crippen LogP contribution is -2.17. The van der Waals surface area contributed by atoms with Gasteiger partial charge in [-0.1, -0.05) is 6.92 Å². The maximum atomic E-state index is 10.3. The summed E-state index contributed by atoms with van der Waals surface area (Å²) in [5.41, 5.74) is 4.97. The highest BCUT2D eigenvalue weighted by atomic mass is 16.1. The van der Waals surface area contributed by atoms with Crippen LogP contribution in [0.5, 0.6) is 0 Å². The van der Waals surface area contributed by atoms with Crippen LogP contribution in [0.15, 0.2) is 0 Å². The first-order valence-electron chi connectivity index (χ1n) is 4.26. The molecule has 0 saturated carbocycles. The smallest absolute Gasteiger partial charge is 0.217 e. The van der Waals surface area contributed by atoms with Gasteiger partial charge in [0.25, 0.3) is 0 Å². The summed E-state index contributed by atoms with van der Waals surface area (Å²) in [6, 6.07) is 0. The fourth-order valence-electron chi connectivity index (χ4n) is 0.851. The molecule has 0 fully saturated rings. The molecule has 3 N–H and O–H groups in total. The molecule has 1 amide bonds. The zero-order valence-electron chi connectivity index (χ0n) is 7.23. The molecule has 0 radical (unpaired) electrons. The van der Waals surface area contributed by atoms with Gasteiger partial charge in [0.15, 0.2) is 0 Å². The van der Waals surface area contributed by atoms with Gasteiger partial charge in [-0.25, -0.2) is 0 Å². The standard InChI is InChI=1S/C8H18N2O/c1-2-6-10-7-4-3-5-8(9)11/h10H,2-7H2,1H3,(H2,9,11). The number of primary amides is 1. The van der Waals surface area contributed by atoms with Crippen molar-refractivity contribution in [2.45, 2.75) is 32.6 Å². The molecule has 3 heteroatoms. The van der Waals surface area contributed by atoms with E-state index in [-0.39, 0.29) is 5.91 Å². The van der Waals surface area contributed by atoms with E-state index in [1.165, 1.54) is 0 Å². The maximum absolute atomic E-state index is 10.3. The molecular formula is C8H18N2O. The summed E-state index contributed by atoms with van der Waals surface area (Å²) in [6.07, 6.45) is 3.64. The van der Waals surface area contributed by atoms with Crippen molar-refractivity contribution in [3.63, 3.8) is 0 Å². The fourth-order valence-corrected chi connectivity index (χ4v) is 0.851. The number of carbonyl (C=O) groups excluding carboxylic acids is 1. The third-order valence-corrected chi connectivity index (χ3v) is 1.45. The van der Waals surface area contributed by atoms with Crippen molar-refractivity contribution in [3.05, 3.63) is 0 Å². The Bertz CT molecular complexity index is 104. The molecular weight excluding hydrogens is 140 g/mol. The van der Waals surface area contributed by atoms with Crippen LogP contribution in [0.25, 0.3) is 0 Å². The number of hydrogen-bond donors (Lipinski definition) is 2. The monoisotopic (exact) mass is 158 g/mol. The molecule has 0 bridgehead atoms. The lowest BCUT2D eigenvalue weighted by atomic mass is 10.2. The molecule has 0 aromatic heterocycles. The third-order valence-electron chi connectivity index (χ3n) is 1.45. The van der Waals surface area contributed by atoms with Gasteiger partial charge < -0.3 is 11.1 Å². The second-order valence-electron chi connectivity index (χ2n) is 2.67. The topological polar surface area (TPSA) is 55.1 Å². The number of unbranched alkanes of at least 4 members (excludes halogenated alkanes) is 1. The number of nitrogens with two attached hydrogens (primary N) is 1. The summed E-state index contributed by atoms with van der Waals surface area (Å²) in [5, 5.41) is 3.26. The average Bonchev–Trinajstić information content (AvgIpc) is 1.96. The molecule has 0 aliphatic carbocycles. The second kappa shape index (κ2) is 7.54. The highest BCUT2D eigenvalue weighted by Gasteiger charge is 1.92. The van der Waals surface area contributed by atoms with Gasteiger partial charge in [0.2, 0.25) is 5.91 Å². The molecule has 0 spiro atoms. The van der Waals surface area contributed by atoms with E-state index < -0.39 is 0 Å². The first-order chi connectivity index (χ1) is 5.27. The Morgan fingerprint density at radius 1 is 1.36 bits per heavy atom. The minimum Gasteiger partial charge on any atom is -0.370 e. The van der Waals surface area contributed by atoms with E-state index in [2.05, 4.69) is 12.2 Å². The Morgan fingerprint density at radius 3 is 2.64 bits per heavy atom. The third kappa shape index (κ3) is 9.43. The van der Waals surface area contributed by atoms with Crippen LogP contribution in [-0.2, 0) is 4.79 Å². The van der Waals surface area contributed by atoms with Crippen molar-refractivity contribution in [1.82, 2.24) is 5.32 Å². The molecule has 3 nitrogen and oxygen atoms in total. The minimum absolute atomic E-state index is 0.194. The van der Waals surface area contributed by atoms with E-state index >= 15 is 0 Å². The van der Waals surface area contributed by atoms with Gasteiger partial charge in [-0.2, -0.15) is 0 Å². The zero-order chi connectivity index (χ0) is 8.53. The Labute approximate surface area is 68.3 Å². The number of amides is 1. The summed E-state index contributed by atoms with van der Waals surface area (Å²) in [6.45, 7) is 4.20. The van der Waals surface area contributed by atoms with Crippen LogP contribution in [-0.4, -0.2) is 19.0 Å². The van der Waals surface area contributed by atoms with Crippen molar-refractivity contribution >= 4 is 5.91 Å². The molecule has 0 unspecified atom stereocenters. The number of carbonyl (C=O) groups is 1. The van der Waals surface area contributed by atoms with Crippen LogP contribution in [0.4, 0.5) is 0 Å². The molecule has 0 aliphatic heterocycles. The highest BCUT2D eigenvalue weighted by Crippen LogP contribution is 1.91. The Kier molecular flexibility index (Phi) is 7.15. The van der Waals surface area contributed by atoms with E-state index in [1.54, 1.807) is 0 Å². The normalized spacial score (nSPS) is 9.91. The van der Waals surface area contributed by atoms with Gasteiger partial charge in [0, 0.05) is 6.42 Å². The highest BCUT2D eigenvalue weighted by molar-refractivity contribution is 5.73. The molecule has 0 atom stereocenters. The van der Waals surface area contributed by atoms with E-state index in [4.69, 9.17) is 5.73 Å². The summed E-state index contributed by atoms with van der Waals surface area (Å²) in [5.74, 6) is -0.194. The molecule has 0 saturated heterocycles. The van der Waals surface area contributed by atoms with Gasteiger partial charge >= 0.3 is 0 Å². The molecule has 0 heterocycles. The van der Waals surface area contributed by atoms with Crippen LogP contribution in [0.1, 0.15) is 32.6 Å². The second-order valence-corrected chi connectivity index (χ2v) is 2.67. The van der Waals surface area contributed by atoms with Crippen molar-refractivity contribution in [3.8, 4) is 0 Å². The van der Waals surface area contributed by atoms with E-state index in [1.807, 2.05) is 0 Å². The first-order valence-corrected chi connectivity index (χ1v) is 4.26. The lowest BCUT2D eigenvalue weighted by Gasteiger charge is -2.00. The van der Waals surface area contributed by atoms with Gasteiger partial charge in [-0.15, -0.1) is 0 Å². The van der Waals surface area contributed by atoms with Gasteiger partial charge in [-0.05, 0) is 32.4 Å². The van der Waals surface area contributed by atoms with Gasteiger partial charge in [0.05, 0.1) is 0 Å². The summed E-state index contributed by atoms with van der Waals surface area (Å²) < 4.78 is 0. The van der Waals surface area contributed by atoms with E-state index in [0.717, 1.165) is 32.4 Å². The summed E-state index contributed by atoms with van der Waals surface area (Å²) >= 11 is 0. The largest absolute Gasteiger partial charge is 0.370 e. The van der Waals surface area contributed by atoms with Crippen LogP contribution in [0.2, 0.25) is 0 Å². The predicted molar refractivity (Wildman–Crippen MR) is 46.2 cm³/mol. The van der Waals surface area contributed by atoms with Gasteiger partial charge in [0.1, 0.15) is 0 Å². The molecule has 0 aromatic rings. The van der Waals surface area contributed by atoms with Crippen LogP contribution >= 0.6 is 0 Å². The van der Waals surface area contributed by atoms with Gasteiger partial charge in [-0.3, -0.25) is 4.79 Å². The molecule has 0 rings (SSSR count). The number of nitrogens with one attached hydrogen (secondary N) is 1. The van der Waals surface area contributed by atoms with Crippen molar-refractivity contribution in [1.29, 1.82) is 0 Å². The fraction of sp³-hybridized carbons (Fsp3) is 0.875.